The summed E-state index contributed by atoms with van der Waals surface area (Å²) in [5.74, 6) is -0.369. The molecule has 1 amide bonds. The van der Waals surface area contributed by atoms with E-state index in [0.717, 1.165) is 0 Å². The van der Waals surface area contributed by atoms with Crippen molar-refractivity contribution in [3.8, 4) is 28.9 Å². The van der Waals surface area contributed by atoms with Gasteiger partial charge in [-0.15, -0.1) is 10.2 Å². The average Bonchev–Trinajstić information content (AvgIpc) is 3.40. The van der Waals surface area contributed by atoms with Crippen LogP contribution >= 0.6 is 0 Å². The van der Waals surface area contributed by atoms with E-state index in [-0.39, 0.29) is 23.1 Å². The topological polar surface area (TPSA) is 90.4 Å². The molecule has 8 heteroatoms. The van der Waals surface area contributed by atoms with Crippen LogP contribution in [0.4, 0.5) is 10.1 Å². The maximum absolute atomic E-state index is 14.3. The third kappa shape index (κ3) is 3.35. The van der Waals surface area contributed by atoms with Crippen molar-refractivity contribution in [2.75, 3.05) is 12.4 Å². The highest BCUT2D eigenvalue weighted by molar-refractivity contribution is 6.05. The first-order chi connectivity index (χ1) is 13.7. The second-order valence-electron chi connectivity index (χ2n) is 5.75. The van der Waals surface area contributed by atoms with Crippen LogP contribution in [0.3, 0.4) is 0 Å². The molecule has 2 aromatic heterocycles. The van der Waals surface area contributed by atoms with Crippen LogP contribution in [-0.2, 0) is 0 Å². The van der Waals surface area contributed by atoms with Crippen LogP contribution in [0.5, 0.6) is 5.75 Å². The number of halogens is 1. The number of carbonyl (C=O) groups is 1. The summed E-state index contributed by atoms with van der Waals surface area (Å²) in [5, 5.41) is 10.6. The van der Waals surface area contributed by atoms with E-state index in [1.54, 1.807) is 42.5 Å². The smallest absolute Gasteiger partial charge is 0.283 e. The van der Waals surface area contributed by atoms with Gasteiger partial charge < -0.3 is 18.9 Å². The van der Waals surface area contributed by atoms with E-state index in [0.29, 0.717) is 17.0 Å². The Morgan fingerprint density at radius 3 is 2.68 bits per heavy atom. The molecule has 2 heterocycles. The van der Waals surface area contributed by atoms with Gasteiger partial charge in [0.05, 0.1) is 18.9 Å². The molecule has 28 heavy (non-hydrogen) atoms. The number of hydrogen-bond donors (Lipinski definition) is 1. The molecule has 2 aromatic carbocycles. The zero-order valence-corrected chi connectivity index (χ0v) is 14.7. The summed E-state index contributed by atoms with van der Waals surface area (Å²) in [6.45, 7) is 0. The molecular formula is C20H14FN3O4. The van der Waals surface area contributed by atoms with Crippen molar-refractivity contribution < 1.29 is 22.8 Å². The number of rotatable bonds is 5. The Morgan fingerprint density at radius 2 is 1.89 bits per heavy atom. The molecule has 0 radical (unpaired) electrons. The second-order valence-corrected chi connectivity index (χ2v) is 5.75. The number of furan rings is 1. The van der Waals surface area contributed by atoms with Gasteiger partial charge in [-0.25, -0.2) is 4.39 Å². The third-order valence-electron chi connectivity index (χ3n) is 3.95. The van der Waals surface area contributed by atoms with Gasteiger partial charge in [-0.2, -0.15) is 0 Å². The van der Waals surface area contributed by atoms with Crippen molar-refractivity contribution in [2.45, 2.75) is 0 Å². The molecule has 0 aliphatic carbocycles. The summed E-state index contributed by atoms with van der Waals surface area (Å²) in [5.41, 5.74) is 0.916. The fraction of sp³-hybridized carbons (Fsp3) is 0.0500. The zero-order valence-electron chi connectivity index (χ0n) is 14.7. The molecule has 0 fully saturated rings. The Bertz CT molecular complexity index is 1120. The molecule has 0 saturated heterocycles. The minimum absolute atomic E-state index is 0.00211. The molecule has 0 atom stereocenters. The first-order valence-electron chi connectivity index (χ1n) is 8.27. The van der Waals surface area contributed by atoms with Crippen LogP contribution in [0.1, 0.15) is 10.4 Å². The lowest BCUT2D eigenvalue weighted by Gasteiger charge is -2.09. The Kier molecular flexibility index (Phi) is 4.59. The highest BCUT2D eigenvalue weighted by Crippen LogP contribution is 2.26. The zero-order chi connectivity index (χ0) is 19.5. The van der Waals surface area contributed by atoms with Gasteiger partial charge in [0.15, 0.2) is 17.3 Å². The monoisotopic (exact) mass is 379 g/mol. The number of aromatic nitrogens is 2. The highest BCUT2D eigenvalue weighted by Gasteiger charge is 2.17. The summed E-state index contributed by atoms with van der Waals surface area (Å²) >= 11 is 0. The lowest BCUT2D eigenvalue weighted by molar-refractivity contribution is 0.102. The van der Waals surface area contributed by atoms with Crippen molar-refractivity contribution in [3.63, 3.8) is 0 Å². The number of anilines is 1. The Balaban J connectivity index is 1.57. The standard InChI is InChI=1S/C20H14FN3O4/c1-26-15-8-3-7-14(17(15)21)18(25)22-13-6-2-5-12(11-13)19-23-24-20(28-19)16-9-4-10-27-16/h2-11H,1H3,(H,22,25). The molecule has 1 N–H and O–H groups in total. The number of nitrogens with zero attached hydrogens (tertiary/aromatic N) is 2. The molecule has 0 bridgehead atoms. The summed E-state index contributed by atoms with van der Waals surface area (Å²) in [7, 11) is 1.34. The van der Waals surface area contributed by atoms with E-state index in [1.807, 2.05) is 0 Å². The van der Waals surface area contributed by atoms with Crippen LogP contribution < -0.4 is 10.1 Å². The van der Waals surface area contributed by atoms with Crippen molar-refractivity contribution in [1.82, 2.24) is 10.2 Å². The summed E-state index contributed by atoms with van der Waals surface area (Å²) in [4.78, 5) is 12.4. The second kappa shape index (κ2) is 7.36. The SMILES string of the molecule is COc1cccc(C(=O)Nc2cccc(-c3nnc(-c4ccco4)o3)c2)c1F. The largest absolute Gasteiger partial charge is 0.494 e. The lowest BCUT2D eigenvalue weighted by Crippen LogP contribution is -2.14. The van der Waals surface area contributed by atoms with Crippen LogP contribution in [0.15, 0.2) is 69.7 Å². The van der Waals surface area contributed by atoms with Gasteiger partial charge in [-0.3, -0.25) is 4.79 Å². The van der Waals surface area contributed by atoms with Crippen LogP contribution in [0, 0.1) is 5.82 Å². The molecule has 0 aliphatic rings. The van der Waals surface area contributed by atoms with Crippen LogP contribution in [0.25, 0.3) is 23.1 Å². The fourth-order valence-electron chi connectivity index (χ4n) is 2.61. The maximum Gasteiger partial charge on any atom is 0.283 e. The number of amides is 1. The Morgan fingerprint density at radius 1 is 1.07 bits per heavy atom. The molecule has 140 valence electrons. The normalized spacial score (nSPS) is 10.6. The number of benzene rings is 2. The van der Waals surface area contributed by atoms with Crippen molar-refractivity contribution in [1.29, 1.82) is 0 Å². The minimum atomic E-state index is -0.723. The van der Waals surface area contributed by atoms with E-state index in [2.05, 4.69) is 15.5 Å². The first-order valence-corrected chi connectivity index (χ1v) is 8.27. The molecule has 7 nitrogen and oxygen atoms in total. The van der Waals surface area contributed by atoms with E-state index >= 15 is 0 Å². The van der Waals surface area contributed by atoms with Crippen LogP contribution in [-0.4, -0.2) is 23.2 Å². The predicted molar refractivity (Wildman–Crippen MR) is 98.3 cm³/mol. The molecule has 4 rings (SSSR count). The Labute approximate surface area is 158 Å². The lowest BCUT2D eigenvalue weighted by atomic mass is 10.1. The van der Waals surface area contributed by atoms with E-state index in [1.165, 1.54) is 25.5 Å². The molecule has 0 aliphatic heterocycles. The summed E-state index contributed by atoms with van der Waals surface area (Å²) < 4.78 is 30.0. The molecule has 0 spiro atoms. The molecular weight excluding hydrogens is 365 g/mol. The molecule has 4 aromatic rings. The fourth-order valence-corrected chi connectivity index (χ4v) is 2.61. The number of nitrogens with one attached hydrogen (secondary N) is 1. The van der Waals surface area contributed by atoms with Gasteiger partial charge >= 0.3 is 0 Å². The maximum atomic E-state index is 14.3. The quantitative estimate of drug-likeness (QED) is 0.553. The van der Waals surface area contributed by atoms with Crippen LogP contribution in [0.2, 0.25) is 0 Å². The van der Waals surface area contributed by atoms with Crippen molar-refractivity contribution in [3.05, 3.63) is 72.2 Å². The first kappa shape index (κ1) is 17.5. The Hall–Kier alpha value is -3.94. The van der Waals surface area contributed by atoms with Gasteiger partial charge in [0.1, 0.15) is 0 Å². The third-order valence-corrected chi connectivity index (χ3v) is 3.95. The summed E-state index contributed by atoms with van der Waals surface area (Å²) in [6, 6.07) is 14.6. The van der Waals surface area contributed by atoms with E-state index in [4.69, 9.17) is 13.6 Å². The van der Waals surface area contributed by atoms with Gasteiger partial charge in [-0.1, -0.05) is 12.1 Å². The predicted octanol–water partition coefficient (Wildman–Crippen LogP) is 4.40. The highest BCUT2D eigenvalue weighted by atomic mass is 19.1. The van der Waals surface area contributed by atoms with E-state index < -0.39 is 11.7 Å². The van der Waals surface area contributed by atoms with Crippen molar-refractivity contribution >= 4 is 11.6 Å². The van der Waals surface area contributed by atoms with Gasteiger partial charge in [0.25, 0.3) is 11.8 Å². The van der Waals surface area contributed by atoms with Gasteiger partial charge in [0, 0.05) is 11.3 Å². The number of ether oxygens (including phenoxy) is 1. The molecule has 0 saturated carbocycles. The average molecular weight is 379 g/mol. The van der Waals surface area contributed by atoms with E-state index in [9.17, 15) is 9.18 Å². The molecule has 0 unspecified atom stereocenters. The number of hydrogen-bond acceptors (Lipinski definition) is 6. The van der Waals surface area contributed by atoms with Crippen molar-refractivity contribution in [2.24, 2.45) is 0 Å². The minimum Gasteiger partial charge on any atom is -0.494 e. The number of carbonyl (C=O) groups excluding carboxylic acids is 1. The summed E-state index contributed by atoms with van der Waals surface area (Å²) in [6.07, 6.45) is 1.51. The van der Waals surface area contributed by atoms with Gasteiger partial charge in [0.2, 0.25) is 5.89 Å². The van der Waals surface area contributed by atoms with Gasteiger partial charge in [-0.05, 0) is 42.5 Å². The number of methoxy groups -OCH3 is 1.